The minimum absolute atomic E-state index is 0. The first-order valence-electron chi connectivity index (χ1n) is 8.91. The molecule has 1 atom stereocenters. The third kappa shape index (κ3) is 4.90. The summed E-state index contributed by atoms with van der Waals surface area (Å²) in [7, 11) is 0. The van der Waals surface area contributed by atoms with E-state index < -0.39 is 0 Å². The van der Waals surface area contributed by atoms with Gasteiger partial charge in [-0.2, -0.15) is 0 Å². The lowest BCUT2D eigenvalue weighted by Gasteiger charge is -2.33. The molecule has 0 saturated carbocycles. The Bertz CT molecular complexity index is 813. The number of nitrogens with one attached hydrogen (secondary N) is 1. The zero-order chi connectivity index (χ0) is 18.1. The van der Waals surface area contributed by atoms with Gasteiger partial charge in [-0.1, -0.05) is 23.2 Å². The van der Waals surface area contributed by atoms with Gasteiger partial charge in [-0.25, -0.2) is 4.79 Å². The Morgan fingerprint density at radius 2 is 2.07 bits per heavy atom. The molecule has 8 heteroatoms. The SMILES string of the molecule is Cl.O=C(NC1CCCN(Cc2ccc(Cl)s2)C1)N1CCc2cc(Cl)ccc21. The van der Waals surface area contributed by atoms with Crippen LogP contribution >= 0.6 is 46.9 Å². The molecule has 2 amide bonds. The van der Waals surface area contributed by atoms with E-state index in [1.807, 2.05) is 29.2 Å². The Morgan fingerprint density at radius 3 is 2.85 bits per heavy atom. The van der Waals surface area contributed by atoms with E-state index in [4.69, 9.17) is 23.2 Å². The van der Waals surface area contributed by atoms with Crippen LogP contribution < -0.4 is 10.2 Å². The van der Waals surface area contributed by atoms with Crippen molar-refractivity contribution in [2.45, 2.75) is 31.8 Å². The van der Waals surface area contributed by atoms with Crippen LogP contribution in [0.3, 0.4) is 0 Å². The number of hydrogen-bond acceptors (Lipinski definition) is 3. The number of urea groups is 1. The highest BCUT2D eigenvalue weighted by atomic mass is 35.5. The maximum atomic E-state index is 12.8. The first-order chi connectivity index (χ1) is 12.6. The second kappa shape index (κ2) is 9.01. The van der Waals surface area contributed by atoms with Crippen molar-refractivity contribution in [3.63, 3.8) is 0 Å². The molecule has 0 aliphatic carbocycles. The molecule has 2 aliphatic heterocycles. The predicted molar refractivity (Wildman–Crippen MR) is 116 cm³/mol. The standard InChI is InChI=1S/C19H21Cl2N3OS.ClH/c20-14-3-5-17-13(10-14)7-9-24(17)19(25)22-15-2-1-8-23(11-15)12-16-4-6-18(21)26-16;/h3-6,10,15H,1-2,7-9,11-12H2,(H,22,25);1H. The smallest absolute Gasteiger partial charge is 0.322 e. The fraction of sp³-hybridized carbons (Fsp3) is 0.421. The predicted octanol–water partition coefficient (Wildman–Crippen LogP) is 5.21. The molecule has 4 nitrogen and oxygen atoms in total. The van der Waals surface area contributed by atoms with Crippen LogP contribution in [-0.2, 0) is 13.0 Å². The normalized spacial score (nSPS) is 19.5. The van der Waals surface area contributed by atoms with Crippen molar-refractivity contribution in [1.82, 2.24) is 10.2 Å². The maximum Gasteiger partial charge on any atom is 0.322 e. The van der Waals surface area contributed by atoms with Crippen molar-refractivity contribution in [3.8, 4) is 0 Å². The average molecular weight is 447 g/mol. The Labute approximate surface area is 179 Å². The molecule has 3 heterocycles. The highest BCUT2D eigenvalue weighted by molar-refractivity contribution is 7.16. The van der Waals surface area contributed by atoms with Gasteiger partial charge >= 0.3 is 6.03 Å². The number of likely N-dealkylation sites (tertiary alicyclic amines) is 1. The Hall–Kier alpha value is -0.980. The quantitative estimate of drug-likeness (QED) is 0.702. The molecule has 0 radical (unpaired) electrons. The van der Waals surface area contributed by atoms with Gasteiger partial charge in [-0.15, -0.1) is 23.7 Å². The third-order valence-corrected chi connectivity index (χ3v) is 6.47. The molecule has 1 fully saturated rings. The summed E-state index contributed by atoms with van der Waals surface area (Å²) in [6, 6.07) is 9.96. The summed E-state index contributed by atoms with van der Waals surface area (Å²) < 4.78 is 0.828. The number of piperidine rings is 1. The number of nitrogens with zero attached hydrogens (tertiary/aromatic N) is 2. The topological polar surface area (TPSA) is 35.6 Å². The largest absolute Gasteiger partial charge is 0.334 e. The number of carbonyl (C=O) groups is 1. The number of halogens is 3. The first kappa shape index (κ1) is 20.7. The van der Waals surface area contributed by atoms with E-state index in [0.717, 1.165) is 59.5 Å². The molecule has 1 N–H and O–H groups in total. The maximum absolute atomic E-state index is 12.8. The van der Waals surface area contributed by atoms with Gasteiger partial charge in [0.05, 0.1) is 4.34 Å². The Balaban J connectivity index is 0.00000210. The molecule has 4 rings (SSSR count). The molecule has 1 aromatic carbocycles. The van der Waals surface area contributed by atoms with Gasteiger partial charge in [-0.3, -0.25) is 9.80 Å². The summed E-state index contributed by atoms with van der Waals surface area (Å²) in [5, 5.41) is 3.95. The number of hydrogen-bond donors (Lipinski definition) is 1. The van der Waals surface area contributed by atoms with Gasteiger partial charge in [0.25, 0.3) is 0 Å². The highest BCUT2D eigenvalue weighted by Gasteiger charge is 2.28. The van der Waals surface area contributed by atoms with Crippen LogP contribution in [-0.4, -0.2) is 36.6 Å². The number of fused-ring (bicyclic) bond motifs is 1. The molecule has 2 aliphatic rings. The molecule has 146 valence electrons. The highest BCUT2D eigenvalue weighted by Crippen LogP contribution is 2.30. The van der Waals surface area contributed by atoms with Crippen molar-refractivity contribution in [2.24, 2.45) is 0 Å². The lowest BCUT2D eigenvalue weighted by Crippen LogP contribution is -2.51. The molecule has 1 saturated heterocycles. The zero-order valence-electron chi connectivity index (χ0n) is 14.8. The van der Waals surface area contributed by atoms with Gasteiger partial charge in [0.1, 0.15) is 0 Å². The lowest BCUT2D eigenvalue weighted by molar-refractivity contribution is 0.183. The summed E-state index contributed by atoms with van der Waals surface area (Å²) in [4.78, 5) is 18.3. The molecule has 0 spiro atoms. The van der Waals surface area contributed by atoms with E-state index in [9.17, 15) is 4.79 Å². The summed E-state index contributed by atoms with van der Waals surface area (Å²) in [5.74, 6) is 0. The number of benzene rings is 1. The van der Waals surface area contributed by atoms with Gasteiger partial charge in [0.2, 0.25) is 0 Å². The summed E-state index contributed by atoms with van der Waals surface area (Å²) in [6.45, 7) is 3.55. The summed E-state index contributed by atoms with van der Waals surface area (Å²) >= 11 is 13.7. The molecular weight excluding hydrogens is 425 g/mol. The number of thiophene rings is 1. The molecule has 1 aromatic heterocycles. The Morgan fingerprint density at radius 1 is 1.22 bits per heavy atom. The first-order valence-corrected chi connectivity index (χ1v) is 10.5. The second-order valence-electron chi connectivity index (χ2n) is 6.90. The van der Waals surface area contributed by atoms with Gasteiger partial charge in [0.15, 0.2) is 0 Å². The van der Waals surface area contributed by atoms with Crippen LogP contribution in [0.4, 0.5) is 10.5 Å². The average Bonchev–Trinajstić information content (AvgIpc) is 3.21. The zero-order valence-corrected chi connectivity index (χ0v) is 17.9. The van der Waals surface area contributed by atoms with Crippen LogP contribution in [0.2, 0.25) is 9.36 Å². The molecule has 2 aromatic rings. The van der Waals surface area contributed by atoms with Crippen LogP contribution in [0, 0.1) is 0 Å². The summed E-state index contributed by atoms with van der Waals surface area (Å²) in [6.07, 6.45) is 2.98. The van der Waals surface area contributed by atoms with Crippen molar-refractivity contribution in [2.75, 3.05) is 24.5 Å². The van der Waals surface area contributed by atoms with E-state index in [1.165, 1.54) is 4.88 Å². The van der Waals surface area contributed by atoms with Crippen LogP contribution in [0.15, 0.2) is 30.3 Å². The van der Waals surface area contributed by atoms with Crippen molar-refractivity contribution in [1.29, 1.82) is 0 Å². The van der Waals surface area contributed by atoms with Crippen molar-refractivity contribution in [3.05, 3.63) is 50.1 Å². The second-order valence-corrected chi connectivity index (χ2v) is 9.14. The van der Waals surface area contributed by atoms with Crippen molar-refractivity contribution >= 4 is 58.7 Å². The molecule has 0 bridgehead atoms. The number of amides is 2. The number of anilines is 1. The van der Waals surface area contributed by atoms with E-state index >= 15 is 0 Å². The fourth-order valence-corrected chi connectivity index (χ4v) is 5.13. The van der Waals surface area contributed by atoms with Crippen LogP contribution in [0.1, 0.15) is 23.3 Å². The third-order valence-electron chi connectivity index (χ3n) is 5.02. The fourth-order valence-electron chi connectivity index (χ4n) is 3.81. The van der Waals surface area contributed by atoms with Gasteiger partial charge in [-0.05, 0) is 61.7 Å². The lowest BCUT2D eigenvalue weighted by atomic mass is 10.1. The van der Waals surface area contributed by atoms with Crippen LogP contribution in [0.25, 0.3) is 0 Å². The Kier molecular flexibility index (Phi) is 6.93. The van der Waals surface area contributed by atoms with Gasteiger partial charge in [0, 0.05) is 41.3 Å². The molecule has 27 heavy (non-hydrogen) atoms. The monoisotopic (exact) mass is 445 g/mol. The van der Waals surface area contributed by atoms with Crippen molar-refractivity contribution < 1.29 is 4.79 Å². The van der Waals surface area contributed by atoms with E-state index in [1.54, 1.807) is 11.3 Å². The molecular formula is C19H22Cl3N3OS. The molecule has 1 unspecified atom stereocenters. The minimum atomic E-state index is -0.00269. The van der Waals surface area contributed by atoms with Crippen LogP contribution in [0.5, 0.6) is 0 Å². The van der Waals surface area contributed by atoms with E-state index in [2.05, 4.69) is 16.3 Å². The minimum Gasteiger partial charge on any atom is -0.334 e. The van der Waals surface area contributed by atoms with E-state index in [-0.39, 0.29) is 24.5 Å². The number of carbonyl (C=O) groups excluding carboxylic acids is 1. The summed E-state index contributed by atoms with van der Waals surface area (Å²) in [5.41, 5.74) is 2.13. The van der Waals surface area contributed by atoms with E-state index in [0.29, 0.717) is 6.54 Å². The van der Waals surface area contributed by atoms with Gasteiger partial charge < -0.3 is 5.32 Å². The number of rotatable bonds is 3.